The lowest BCUT2D eigenvalue weighted by Crippen LogP contribution is -2.34. The lowest BCUT2D eigenvalue weighted by molar-refractivity contribution is -0.385. The standard InChI is InChI=1S/C11H12FN3O5S/c12-9-2-1-8(15(17)18)7-10(9)21(19,20)14-5-3-11(16)13-4-6-14/h1-2,7H,3-6H2,(H,13,16). The van der Waals surface area contributed by atoms with E-state index in [4.69, 9.17) is 0 Å². The van der Waals surface area contributed by atoms with Gasteiger partial charge in [-0.15, -0.1) is 0 Å². The summed E-state index contributed by atoms with van der Waals surface area (Å²) in [6, 6.07) is 2.32. The van der Waals surface area contributed by atoms with E-state index in [0.29, 0.717) is 6.07 Å². The molecule has 0 unspecified atom stereocenters. The molecule has 8 nitrogen and oxygen atoms in total. The molecule has 0 bridgehead atoms. The first-order valence-corrected chi connectivity index (χ1v) is 7.47. The zero-order valence-electron chi connectivity index (χ0n) is 10.8. The molecule has 1 aliphatic heterocycles. The number of nitrogens with one attached hydrogen (secondary N) is 1. The van der Waals surface area contributed by atoms with Gasteiger partial charge in [0.05, 0.1) is 4.92 Å². The molecule has 114 valence electrons. The number of nitro groups is 1. The molecule has 10 heteroatoms. The normalized spacial score (nSPS) is 17.1. The number of rotatable bonds is 3. The van der Waals surface area contributed by atoms with Crippen LogP contribution in [0.5, 0.6) is 0 Å². The number of carbonyl (C=O) groups excluding carboxylic acids is 1. The van der Waals surface area contributed by atoms with E-state index in [1.165, 1.54) is 0 Å². The van der Waals surface area contributed by atoms with Crippen LogP contribution in [0.25, 0.3) is 0 Å². The fourth-order valence-electron chi connectivity index (χ4n) is 1.93. The van der Waals surface area contributed by atoms with Crippen molar-refractivity contribution in [3.63, 3.8) is 0 Å². The summed E-state index contributed by atoms with van der Waals surface area (Å²) >= 11 is 0. The topological polar surface area (TPSA) is 110 Å². The Morgan fingerprint density at radius 1 is 1.33 bits per heavy atom. The van der Waals surface area contributed by atoms with Crippen LogP contribution >= 0.6 is 0 Å². The van der Waals surface area contributed by atoms with Gasteiger partial charge < -0.3 is 5.32 Å². The van der Waals surface area contributed by atoms with Gasteiger partial charge in [0.15, 0.2) is 0 Å². The minimum absolute atomic E-state index is 0.0177. The first-order chi connectivity index (χ1) is 9.82. The van der Waals surface area contributed by atoms with Crippen molar-refractivity contribution < 1.29 is 22.5 Å². The highest BCUT2D eigenvalue weighted by Crippen LogP contribution is 2.24. The van der Waals surface area contributed by atoms with Gasteiger partial charge in [-0.3, -0.25) is 14.9 Å². The highest BCUT2D eigenvalue weighted by Gasteiger charge is 2.30. The van der Waals surface area contributed by atoms with E-state index in [1.54, 1.807) is 0 Å². The Morgan fingerprint density at radius 3 is 2.71 bits per heavy atom. The van der Waals surface area contributed by atoms with Gasteiger partial charge in [0.25, 0.3) is 5.69 Å². The third-order valence-corrected chi connectivity index (χ3v) is 4.93. The molecule has 0 saturated carbocycles. The number of carbonyl (C=O) groups is 1. The summed E-state index contributed by atoms with van der Waals surface area (Å²) in [5.74, 6) is -1.36. The summed E-state index contributed by atoms with van der Waals surface area (Å²) in [5, 5.41) is 13.2. The number of nitro benzene ring substituents is 1. The molecule has 2 rings (SSSR count). The Bertz CT molecular complexity index is 691. The van der Waals surface area contributed by atoms with Crippen LogP contribution in [-0.4, -0.2) is 43.2 Å². The van der Waals surface area contributed by atoms with Crippen molar-refractivity contribution in [2.75, 3.05) is 19.6 Å². The van der Waals surface area contributed by atoms with Crippen LogP contribution in [0.1, 0.15) is 6.42 Å². The quantitative estimate of drug-likeness (QED) is 0.634. The van der Waals surface area contributed by atoms with Crippen LogP contribution in [0, 0.1) is 15.9 Å². The second-order valence-electron chi connectivity index (χ2n) is 4.38. The first-order valence-electron chi connectivity index (χ1n) is 6.03. The molecule has 0 aliphatic carbocycles. The number of benzene rings is 1. The van der Waals surface area contributed by atoms with Crippen molar-refractivity contribution in [1.29, 1.82) is 0 Å². The average Bonchev–Trinajstić information content (AvgIpc) is 2.64. The molecule has 0 radical (unpaired) electrons. The van der Waals surface area contributed by atoms with Gasteiger partial charge >= 0.3 is 0 Å². The SMILES string of the molecule is O=C1CCN(S(=O)(=O)c2cc([N+](=O)[O-])ccc2F)CCN1. The van der Waals surface area contributed by atoms with Gasteiger partial charge in [0, 0.05) is 38.2 Å². The zero-order valence-corrected chi connectivity index (χ0v) is 11.6. The maximum Gasteiger partial charge on any atom is 0.270 e. The van der Waals surface area contributed by atoms with E-state index in [-0.39, 0.29) is 32.0 Å². The summed E-state index contributed by atoms with van der Waals surface area (Å²) in [4.78, 5) is 20.3. The number of nitrogens with zero attached hydrogens (tertiary/aromatic N) is 2. The van der Waals surface area contributed by atoms with Crippen molar-refractivity contribution in [3.05, 3.63) is 34.1 Å². The molecule has 1 aliphatic rings. The van der Waals surface area contributed by atoms with Crippen LogP contribution in [0.15, 0.2) is 23.1 Å². The molecule has 0 aromatic heterocycles. The Balaban J connectivity index is 2.41. The van der Waals surface area contributed by atoms with E-state index in [2.05, 4.69) is 5.32 Å². The van der Waals surface area contributed by atoms with Gasteiger partial charge in [-0.1, -0.05) is 0 Å². The molecule has 1 aromatic rings. The number of sulfonamides is 1. The Hall–Kier alpha value is -2.07. The predicted molar refractivity (Wildman–Crippen MR) is 69.4 cm³/mol. The molecule has 0 spiro atoms. The fraction of sp³-hybridized carbons (Fsp3) is 0.364. The van der Waals surface area contributed by atoms with Gasteiger partial charge in [-0.25, -0.2) is 12.8 Å². The van der Waals surface area contributed by atoms with Crippen molar-refractivity contribution in [3.8, 4) is 0 Å². The smallest absolute Gasteiger partial charge is 0.270 e. The number of hydrogen-bond donors (Lipinski definition) is 1. The summed E-state index contributed by atoms with van der Waals surface area (Å²) in [6.45, 7) is -0.0128. The Kier molecular flexibility index (Phi) is 4.19. The van der Waals surface area contributed by atoms with E-state index in [0.717, 1.165) is 16.4 Å². The summed E-state index contributed by atoms with van der Waals surface area (Å²) < 4.78 is 39.4. The lowest BCUT2D eigenvalue weighted by atomic mass is 10.3. The second kappa shape index (κ2) is 5.74. The Labute approximate surface area is 119 Å². The van der Waals surface area contributed by atoms with Gasteiger partial charge in [-0.2, -0.15) is 4.31 Å². The molecule has 1 saturated heterocycles. The second-order valence-corrected chi connectivity index (χ2v) is 6.28. The average molecular weight is 317 g/mol. The fourth-order valence-corrected chi connectivity index (χ4v) is 3.45. The van der Waals surface area contributed by atoms with E-state index in [1.807, 2.05) is 0 Å². The molecule has 1 heterocycles. The van der Waals surface area contributed by atoms with Crippen molar-refractivity contribution >= 4 is 21.6 Å². The Morgan fingerprint density at radius 2 is 2.05 bits per heavy atom. The molecular weight excluding hydrogens is 305 g/mol. The third kappa shape index (κ3) is 3.16. The highest BCUT2D eigenvalue weighted by atomic mass is 32.2. The molecule has 1 amide bonds. The monoisotopic (exact) mass is 317 g/mol. The maximum atomic E-state index is 13.8. The molecular formula is C11H12FN3O5S. The summed E-state index contributed by atoms with van der Waals surface area (Å²) in [6.07, 6.45) is -0.0459. The number of amides is 1. The number of hydrogen-bond acceptors (Lipinski definition) is 5. The lowest BCUT2D eigenvalue weighted by Gasteiger charge is -2.19. The molecule has 1 fully saturated rings. The maximum absolute atomic E-state index is 13.8. The van der Waals surface area contributed by atoms with Gasteiger partial charge in [-0.05, 0) is 6.07 Å². The first kappa shape index (κ1) is 15.3. The number of non-ortho nitro benzene ring substituents is 1. The summed E-state index contributed by atoms with van der Waals surface area (Å²) in [5.41, 5.74) is -0.515. The summed E-state index contributed by atoms with van der Waals surface area (Å²) in [7, 11) is -4.23. The third-order valence-electron chi connectivity index (χ3n) is 3.02. The molecule has 0 atom stereocenters. The van der Waals surface area contributed by atoms with Crippen molar-refractivity contribution in [2.24, 2.45) is 0 Å². The van der Waals surface area contributed by atoms with E-state index in [9.17, 15) is 27.7 Å². The van der Waals surface area contributed by atoms with Crippen LogP contribution in [-0.2, 0) is 14.8 Å². The van der Waals surface area contributed by atoms with Crippen LogP contribution in [0.4, 0.5) is 10.1 Å². The van der Waals surface area contributed by atoms with Crippen LogP contribution in [0.2, 0.25) is 0 Å². The minimum atomic E-state index is -4.23. The van der Waals surface area contributed by atoms with Gasteiger partial charge in [0.1, 0.15) is 10.7 Å². The number of halogens is 1. The molecule has 21 heavy (non-hydrogen) atoms. The van der Waals surface area contributed by atoms with Crippen molar-refractivity contribution in [2.45, 2.75) is 11.3 Å². The highest BCUT2D eigenvalue weighted by molar-refractivity contribution is 7.89. The zero-order chi connectivity index (χ0) is 15.6. The van der Waals surface area contributed by atoms with Crippen molar-refractivity contribution in [1.82, 2.24) is 9.62 Å². The van der Waals surface area contributed by atoms with E-state index >= 15 is 0 Å². The van der Waals surface area contributed by atoms with Gasteiger partial charge in [0.2, 0.25) is 15.9 Å². The van der Waals surface area contributed by atoms with E-state index < -0.39 is 31.3 Å². The molecule has 1 aromatic carbocycles. The predicted octanol–water partition coefficient (Wildman–Crippen LogP) is 0.245. The largest absolute Gasteiger partial charge is 0.355 e. The van der Waals surface area contributed by atoms with Crippen LogP contribution in [0.3, 0.4) is 0 Å². The van der Waals surface area contributed by atoms with Crippen LogP contribution < -0.4 is 5.32 Å². The minimum Gasteiger partial charge on any atom is -0.355 e. The molecule has 1 N–H and O–H groups in total.